The van der Waals surface area contributed by atoms with Gasteiger partial charge in [-0.1, -0.05) is 78.4 Å². The Hall–Kier alpha value is -4.66. The second-order valence-corrected chi connectivity index (χ2v) is 11.4. The van der Waals surface area contributed by atoms with E-state index < -0.39 is 0 Å². The molecule has 2 heterocycles. The molecule has 0 bridgehead atoms. The second kappa shape index (κ2) is 8.69. The first-order valence-electron chi connectivity index (χ1n) is 13.4. The van der Waals surface area contributed by atoms with Crippen molar-refractivity contribution in [2.24, 2.45) is 0 Å². The predicted molar refractivity (Wildman–Crippen MR) is 169 cm³/mol. The summed E-state index contributed by atoms with van der Waals surface area (Å²) in [4.78, 5) is 0. The number of benzene rings is 6. The van der Waals surface area contributed by atoms with Crippen LogP contribution in [0.2, 0.25) is 0 Å². The van der Waals surface area contributed by atoms with Crippen LogP contribution in [0.1, 0.15) is 5.56 Å². The van der Waals surface area contributed by atoms with Gasteiger partial charge >= 0.3 is 0 Å². The molecule has 0 fully saturated rings. The second-order valence-electron chi connectivity index (χ2n) is 10.3. The van der Waals surface area contributed by atoms with Crippen LogP contribution in [0.25, 0.3) is 69.9 Å². The van der Waals surface area contributed by atoms with Gasteiger partial charge < -0.3 is 4.57 Å². The van der Waals surface area contributed by atoms with E-state index in [0.717, 1.165) is 0 Å². The van der Waals surface area contributed by atoms with Gasteiger partial charge in [0.1, 0.15) is 0 Å². The number of aryl methyl sites for hydroxylation is 1. The minimum Gasteiger partial charge on any atom is -0.309 e. The molecule has 0 N–H and O–H groups in total. The van der Waals surface area contributed by atoms with E-state index >= 15 is 0 Å². The molecule has 8 aromatic rings. The zero-order valence-electron chi connectivity index (χ0n) is 21.6. The standard InChI is InChI=1S/C37H25NS/c1-24-12-16-34-30(20-24)31-21-27(13-17-35(31)38(34)29-10-6-3-7-11-29)28-15-19-37-33(23-28)32-22-26(14-18-36(32)39-37)25-8-4-2-5-9-25/h2-23H,1H3. The molecule has 0 saturated carbocycles. The Morgan fingerprint density at radius 1 is 0.436 bits per heavy atom. The van der Waals surface area contributed by atoms with Crippen molar-refractivity contribution in [2.45, 2.75) is 6.92 Å². The van der Waals surface area contributed by atoms with Gasteiger partial charge in [0.15, 0.2) is 0 Å². The lowest BCUT2D eigenvalue weighted by atomic mass is 9.99. The summed E-state index contributed by atoms with van der Waals surface area (Å²) < 4.78 is 5.05. The average Bonchev–Trinajstić information content (AvgIpc) is 3.52. The topological polar surface area (TPSA) is 4.93 Å². The Kier molecular flexibility index (Phi) is 4.98. The molecule has 0 aliphatic carbocycles. The van der Waals surface area contributed by atoms with Crippen LogP contribution in [0, 0.1) is 6.92 Å². The SMILES string of the molecule is Cc1ccc2c(c1)c1cc(-c3ccc4sc5ccc(-c6ccccc6)cc5c4c3)ccc1n2-c1ccccc1. The maximum atomic E-state index is 2.38. The van der Waals surface area contributed by atoms with Crippen LogP contribution in [0.5, 0.6) is 0 Å². The van der Waals surface area contributed by atoms with Crippen LogP contribution in [-0.4, -0.2) is 4.57 Å². The fourth-order valence-corrected chi connectivity index (χ4v) is 7.01. The first kappa shape index (κ1) is 22.3. The molecule has 0 saturated heterocycles. The highest BCUT2D eigenvalue weighted by atomic mass is 32.1. The molecule has 0 unspecified atom stereocenters. The van der Waals surface area contributed by atoms with Crippen LogP contribution in [0.4, 0.5) is 0 Å². The summed E-state index contributed by atoms with van der Waals surface area (Å²) in [5.74, 6) is 0. The van der Waals surface area contributed by atoms with Gasteiger partial charge in [-0.2, -0.15) is 0 Å². The number of thiophene rings is 1. The fourth-order valence-electron chi connectivity index (χ4n) is 5.94. The van der Waals surface area contributed by atoms with E-state index in [4.69, 9.17) is 0 Å². The van der Waals surface area contributed by atoms with Crippen molar-refractivity contribution in [1.82, 2.24) is 4.57 Å². The van der Waals surface area contributed by atoms with E-state index in [9.17, 15) is 0 Å². The Balaban J connectivity index is 1.33. The van der Waals surface area contributed by atoms with E-state index in [1.165, 1.54) is 75.5 Å². The number of fused-ring (bicyclic) bond motifs is 6. The lowest BCUT2D eigenvalue weighted by molar-refractivity contribution is 1.18. The Bertz CT molecular complexity index is 2170. The van der Waals surface area contributed by atoms with Gasteiger partial charge in [0, 0.05) is 36.6 Å². The van der Waals surface area contributed by atoms with Gasteiger partial charge in [0.2, 0.25) is 0 Å². The van der Waals surface area contributed by atoms with Crippen molar-refractivity contribution in [3.63, 3.8) is 0 Å². The monoisotopic (exact) mass is 515 g/mol. The molecule has 184 valence electrons. The summed E-state index contributed by atoms with van der Waals surface area (Å²) >= 11 is 1.87. The van der Waals surface area contributed by atoms with Crippen LogP contribution in [0.3, 0.4) is 0 Å². The van der Waals surface area contributed by atoms with Crippen LogP contribution in [-0.2, 0) is 0 Å². The number of hydrogen-bond acceptors (Lipinski definition) is 1. The van der Waals surface area contributed by atoms with E-state index in [2.05, 4.69) is 145 Å². The smallest absolute Gasteiger partial charge is 0.0541 e. The molecule has 0 radical (unpaired) electrons. The molecule has 0 spiro atoms. The summed E-state index contributed by atoms with van der Waals surface area (Å²) in [6.07, 6.45) is 0. The highest BCUT2D eigenvalue weighted by molar-refractivity contribution is 7.25. The highest BCUT2D eigenvalue weighted by Crippen LogP contribution is 2.40. The minimum atomic E-state index is 1.19. The van der Waals surface area contributed by atoms with Crippen LogP contribution in [0.15, 0.2) is 133 Å². The number of nitrogens with zero attached hydrogens (tertiary/aromatic N) is 1. The van der Waals surface area contributed by atoms with Gasteiger partial charge in [-0.3, -0.25) is 0 Å². The summed E-state index contributed by atoms with van der Waals surface area (Å²) in [5, 5.41) is 5.24. The van der Waals surface area contributed by atoms with Gasteiger partial charge in [-0.05, 0) is 89.8 Å². The zero-order chi connectivity index (χ0) is 25.9. The van der Waals surface area contributed by atoms with E-state index in [1.807, 2.05) is 11.3 Å². The Morgan fingerprint density at radius 2 is 0.949 bits per heavy atom. The highest BCUT2D eigenvalue weighted by Gasteiger charge is 2.14. The third kappa shape index (κ3) is 3.60. The first-order valence-corrected chi connectivity index (χ1v) is 14.2. The molecule has 2 heteroatoms. The number of hydrogen-bond donors (Lipinski definition) is 0. The summed E-state index contributed by atoms with van der Waals surface area (Å²) in [7, 11) is 0. The van der Waals surface area contributed by atoms with Gasteiger partial charge in [0.05, 0.1) is 11.0 Å². The lowest BCUT2D eigenvalue weighted by Gasteiger charge is -2.08. The molecule has 6 aromatic carbocycles. The lowest BCUT2D eigenvalue weighted by Crippen LogP contribution is -1.93. The molecular weight excluding hydrogens is 490 g/mol. The number of aromatic nitrogens is 1. The molecule has 1 nitrogen and oxygen atoms in total. The third-order valence-corrected chi connectivity index (χ3v) is 9.00. The van der Waals surface area contributed by atoms with E-state index in [0.29, 0.717) is 0 Å². The first-order chi connectivity index (χ1) is 19.2. The van der Waals surface area contributed by atoms with E-state index in [-0.39, 0.29) is 0 Å². The fraction of sp³-hybridized carbons (Fsp3) is 0.0270. The van der Waals surface area contributed by atoms with Gasteiger partial charge in [-0.25, -0.2) is 0 Å². The van der Waals surface area contributed by atoms with Crippen molar-refractivity contribution in [2.75, 3.05) is 0 Å². The number of rotatable bonds is 3. The third-order valence-electron chi connectivity index (χ3n) is 7.84. The van der Waals surface area contributed by atoms with Crippen molar-refractivity contribution < 1.29 is 0 Å². The molecule has 0 amide bonds. The molecule has 0 aliphatic heterocycles. The summed E-state index contributed by atoms with van der Waals surface area (Å²) in [6, 6.07) is 48.9. The molecule has 0 atom stereocenters. The van der Waals surface area contributed by atoms with E-state index in [1.54, 1.807) is 0 Å². The van der Waals surface area contributed by atoms with Crippen molar-refractivity contribution in [1.29, 1.82) is 0 Å². The van der Waals surface area contributed by atoms with Crippen molar-refractivity contribution >= 4 is 53.3 Å². The van der Waals surface area contributed by atoms with Crippen LogP contribution >= 0.6 is 11.3 Å². The normalized spacial score (nSPS) is 11.7. The average molecular weight is 516 g/mol. The van der Waals surface area contributed by atoms with Crippen molar-refractivity contribution in [3.8, 4) is 27.9 Å². The van der Waals surface area contributed by atoms with Gasteiger partial charge in [-0.15, -0.1) is 11.3 Å². The number of para-hydroxylation sites is 1. The Morgan fingerprint density at radius 3 is 1.62 bits per heavy atom. The Labute approximate surface area is 231 Å². The molecule has 0 aliphatic rings. The minimum absolute atomic E-state index is 1.19. The van der Waals surface area contributed by atoms with Gasteiger partial charge in [0.25, 0.3) is 0 Å². The molecule has 39 heavy (non-hydrogen) atoms. The predicted octanol–water partition coefficient (Wildman–Crippen LogP) is 10.8. The largest absolute Gasteiger partial charge is 0.309 e. The molecule has 2 aromatic heterocycles. The van der Waals surface area contributed by atoms with Crippen LogP contribution < -0.4 is 0 Å². The van der Waals surface area contributed by atoms with Crippen molar-refractivity contribution in [3.05, 3.63) is 139 Å². The quantitative estimate of drug-likeness (QED) is 0.220. The summed E-state index contributed by atoms with van der Waals surface area (Å²) in [6.45, 7) is 2.17. The molecule has 8 rings (SSSR count). The maximum absolute atomic E-state index is 2.38. The maximum Gasteiger partial charge on any atom is 0.0541 e. The zero-order valence-corrected chi connectivity index (χ0v) is 22.4. The summed E-state index contributed by atoms with van der Waals surface area (Å²) in [5.41, 5.74) is 9.96. The molecular formula is C37H25NS.